The quantitative estimate of drug-likeness (QED) is 0.867. The van der Waals surface area contributed by atoms with E-state index < -0.39 is 0 Å². The minimum atomic E-state index is 0.259. The maximum atomic E-state index is 9.03. The zero-order valence-corrected chi connectivity index (χ0v) is 12.3. The normalized spacial score (nSPS) is 13.1. The summed E-state index contributed by atoms with van der Waals surface area (Å²) in [4.78, 5) is 1.42. The van der Waals surface area contributed by atoms with Crippen molar-refractivity contribution >= 4 is 37.4 Å². The van der Waals surface area contributed by atoms with Crippen LogP contribution in [0.4, 0.5) is 0 Å². The highest BCUT2D eigenvalue weighted by molar-refractivity contribution is 9.10. The molecule has 0 aliphatic heterocycles. The van der Waals surface area contributed by atoms with Crippen LogP contribution in [0.3, 0.4) is 0 Å². The van der Waals surface area contributed by atoms with Gasteiger partial charge in [0.05, 0.1) is 13.2 Å². The molecule has 2 rings (SSSR count). The number of halogens is 1. The lowest BCUT2D eigenvalue weighted by Gasteiger charge is -2.15. The Labute approximate surface area is 114 Å². The molecule has 0 radical (unpaired) electrons. The van der Waals surface area contributed by atoms with Crippen LogP contribution in [-0.4, -0.2) is 24.8 Å². The fourth-order valence-electron chi connectivity index (χ4n) is 2.01. The topological polar surface area (TPSA) is 24.7 Å². The Bertz CT molecular complexity index is 497. The monoisotopic (exact) mass is 314 g/mol. The minimum Gasteiger partial charge on any atom is -0.391 e. The number of benzene rings is 1. The van der Waals surface area contributed by atoms with Gasteiger partial charge in [-0.3, -0.25) is 0 Å². The van der Waals surface area contributed by atoms with Crippen LogP contribution >= 0.6 is 27.3 Å². The molecule has 2 N–H and O–H groups in total. The number of aliphatic hydroxyl groups is 1. The van der Waals surface area contributed by atoms with E-state index in [1.165, 1.54) is 20.5 Å². The third-order valence-electron chi connectivity index (χ3n) is 3.02. The first kappa shape index (κ1) is 13.0. The Morgan fingerprint density at radius 1 is 1.41 bits per heavy atom. The van der Waals surface area contributed by atoms with Gasteiger partial charge in [-0.2, -0.15) is 0 Å². The summed E-state index contributed by atoms with van der Waals surface area (Å²) in [5.74, 6) is 0. The molecule has 0 saturated carbocycles. The van der Waals surface area contributed by atoms with Crippen molar-refractivity contribution in [2.75, 3.05) is 19.7 Å². The van der Waals surface area contributed by atoms with Crippen LogP contribution in [0.15, 0.2) is 28.1 Å². The van der Waals surface area contributed by atoms with E-state index >= 15 is 0 Å². The summed E-state index contributed by atoms with van der Waals surface area (Å²) in [5, 5.41) is 12.6. The molecule has 1 unspecified atom stereocenters. The third kappa shape index (κ3) is 3.07. The maximum Gasteiger partial charge on any atom is 0.104 e. The maximum absolute atomic E-state index is 9.03. The van der Waals surface area contributed by atoms with Gasteiger partial charge in [0.15, 0.2) is 0 Å². The van der Waals surface area contributed by atoms with Crippen molar-refractivity contribution in [2.45, 2.75) is 13.5 Å². The Morgan fingerprint density at radius 3 is 2.94 bits per heavy atom. The summed E-state index contributed by atoms with van der Waals surface area (Å²) in [7, 11) is 0. The molecule has 0 bridgehead atoms. The summed E-state index contributed by atoms with van der Waals surface area (Å²) >= 11 is 5.32. The smallest absolute Gasteiger partial charge is 0.104 e. The van der Waals surface area contributed by atoms with Crippen LogP contribution in [0, 0.1) is 0 Å². The summed E-state index contributed by atoms with van der Waals surface area (Å²) < 4.78 is 2.47. The van der Waals surface area contributed by atoms with Crippen LogP contribution in [0.2, 0.25) is 0 Å². The molecule has 1 aromatic heterocycles. The zero-order chi connectivity index (χ0) is 12.3. The molecule has 92 valence electrons. The highest BCUT2D eigenvalue weighted by Gasteiger charge is 2.11. The van der Waals surface area contributed by atoms with Gasteiger partial charge in [0, 0.05) is 25.5 Å². The largest absolute Gasteiger partial charge is 0.391 e. The third-order valence-corrected chi connectivity index (χ3v) is 4.53. The molecule has 1 atom stereocenters. The minimum absolute atomic E-state index is 0.259. The molecule has 0 aliphatic rings. The van der Waals surface area contributed by atoms with Crippen molar-refractivity contribution in [3.05, 3.63) is 33.6 Å². The van der Waals surface area contributed by atoms with Crippen molar-refractivity contribution in [2.24, 2.45) is 0 Å². The van der Waals surface area contributed by atoms with E-state index in [0.29, 0.717) is 0 Å². The molecule has 1 aromatic carbocycles. The number of quaternary nitrogens is 1. The van der Waals surface area contributed by atoms with Crippen molar-refractivity contribution in [3.8, 4) is 0 Å². The van der Waals surface area contributed by atoms with Crippen molar-refractivity contribution < 1.29 is 10.0 Å². The summed E-state index contributed by atoms with van der Waals surface area (Å²) in [6.07, 6.45) is 0. The molecule has 2 nitrogen and oxygen atoms in total. The molecule has 4 heteroatoms. The molecule has 17 heavy (non-hydrogen) atoms. The standard InChI is InChI=1S/C13H16BrNOS/c1-2-15(5-6-16)8-10-9-17-13-4-3-11(14)7-12(10)13/h3-4,7,9,16H,2,5-6,8H2,1H3/p+1. The van der Waals surface area contributed by atoms with Gasteiger partial charge in [0.1, 0.15) is 13.1 Å². The fraction of sp³-hybridized carbons (Fsp3) is 0.385. The number of thiophene rings is 1. The lowest BCUT2D eigenvalue weighted by atomic mass is 10.1. The van der Waals surface area contributed by atoms with Crippen LogP contribution in [0.5, 0.6) is 0 Å². The number of rotatable bonds is 5. The first-order valence-electron chi connectivity index (χ1n) is 5.84. The average molecular weight is 315 g/mol. The van der Waals surface area contributed by atoms with Gasteiger partial charge < -0.3 is 10.0 Å². The van der Waals surface area contributed by atoms with E-state index in [1.807, 2.05) is 0 Å². The first-order valence-corrected chi connectivity index (χ1v) is 7.52. The Balaban J connectivity index is 2.26. The average Bonchev–Trinajstić information content (AvgIpc) is 2.71. The van der Waals surface area contributed by atoms with E-state index in [2.05, 4.69) is 46.4 Å². The zero-order valence-electron chi connectivity index (χ0n) is 9.87. The van der Waals surface area contributed by atoms with Crippen LogP contribution in [0.1, 0.15) is 12.5 Å². The van der Waals surface area contributed by atoms with Gasteiger partial charge in [-0.05, 0) is 25.1 Å². The van der Waals surface area contributed by atoms with E-state index in [1.54, 1.807) is 11.3 Å². The molecular formula is C13H17BrNOS+. The number of hydrogen-bond acceptors (Lipinski definition) is 2. The number of likely N-dealkylation sites (N-methyl/N-ethyl adjacent to an activating group) is 1. The van der Waals surface area contributed by atoms with Gasteiger partial charge in [0.25, 0.3) is 0 Å². The van der Waals surface area contributed by atoms with E-state index in [0.717, 1.165) is 24.1 Å². The fourth-order valence-corrected chi connectivity index (χ4v) is 3.31. The second kappa shape index (κ2) is 5.96. The molecule has 0 fully saturated rings. The molecule has 0 saturated heterocycles. The number of hydrogen-bond donors (Lipinski definition) is 2. The van der Waals surface area contributed by atoms with Crippen LogP contribution in [-0.2, 0) is 6.54 Å². The Morgan fingerprint density at radius 2 is 2.24 bits per heavy atom. The molecular weight excluding hydrogens is 298 g/mol. The second-order valence-electron chi connectivity index (χ2n) is 4.16. The van der Waals surface area contributed by atoms with Gasteiger partial charge in [0.2, 0.25) is 0 Å². The lowest BCUT2D eigenvalue weighted by molar-refractivity contribution is -0.912. The molecule has 0 amide bonds. The van der Waals surface area contributed by atoms with E-state index in [-0.39, 0.29) is 6.61 Å². The highest BCUT2D eigenvalue weighted by Crippen LogP contribution is 2.28. The predicted molar refractivity (Wildman–Crippen MR) is 76.7 cm³/mol. The molecule has 0 aliphatic carbocycles. The SMILES string of the molecule is CC[NH+](CCO)Cc1csc2ccc(Br)cc12. The first-order chi connectivity index (χ1) is 8.24. The Hall–Kier alpha value is -0.420. The Kier molecular flexibility index (Phi) is 4.56. The van der Waals surface area contributed by atoms with Crippen molar-refractivity contribution in [1.82, 2.24) is 0 Å². The van der Waals surface area contributed by atoms with Crippen molar-refractivity contribution in [3.63, 3.8) is 0 Å². The predicted octanol–water partition coefficient (Wildman–Crippen LogP) is 2.06. The molecule has 2 aromatic rings. The van der Waals surface area contributed by atoms with Gasteiger partial charge >= 0.3 is 0 Å². The second-order valence-corrected chi connectivity index (χ2v) is 5.98. The number of fused-ring (bicyclic) bond motifs is 1. The highest BCUT2D eigenvalue weighted by atomic mass is 79.9. The van der Waals surface area contributed by atoms with Crippen LogP contribution < -0.4 is 4.90 Å². The summed E-state index contributed by atoms with van der Waals surface area (Å²) in [5.41, 5.74) is 1.39. The van der Waals surface area contributed by atoms with E-state index in [9.17, 15) is 0 Å². The lowest BCUT2D eigenvalue weighted by Crippen LogP contribution is -3.10. The summed E-state index contributed by atoms with van der Waals surface area (Å²) in [6.45, 7) is 5.28. The number of aliphatic hydroxyl groups excluding tert-OH is 1. The van der Waals surface area contributed by atoms with Gasteiger partial charge in [-0.1, -0.05) is 15.9 Å². The van der Waals surface area contributed by atoms with Crippen molar-refractivity contribution in [1.29, 1.82) is 0 Å². The summed E-state index contributed by atoms with van der Waals surface area (Å²) in [6, 6.07) is 6.43. The van der Waals surface area contributed by atoms with Gasteiger partial charge in [-0.25, -0.2) is 0 Å². The van der Waals surface area contributed by atoms with E-state index in [4.69, 9.17) is 5.11 Å². The van der Waals surface area contributed by atoms with Crippen LogP contribution in [0.25, 0.3) is 10.1 Å². The molecule has 1 heterocycles. The van der Waals surface area contributed by atoms with Gasteiger partial charge in [-0.15, -0.1) is 11.3 Å². The number of nitrogens with one attached hydrogen (secondary N) is 1. The molecule has 0 spiro atoms.